The van der Waals surface area contributed by atoms with E-state index in [1.807, 2.05) is 70.7 Å². The number of benzene rings is 1. The molecule has 1 atom stereocenters. The Morgan fingerprint density at radius 3 is 1.19 bits per heavy atom. The van der Waals surface area contributed by atoms with Crippen molar-refractivity contribution in [1.82, 2.24) is 30.2 Å². The molecule has 1 saturated heterocycles. The molecule has 1 aliphatic heterocycles. The predicted octanol–water partition coefficient (Wildman–Crippen LogP) is 3.85. The van der Waals surface area contributed by atoms with Gasteiger partial charge in [0.25, 0.3) is 0 Å². The Labute approximate surface area is 459 Å². The van der Waals surface area contributed by atoms with Crippen molar-refractivity contribution in [3.8, 4) is 0 Å². The molecule has 1 aromatic carbocycles. The van der Waals surface area contributed by atoms with Gasteiger partial charge in [-0.1, -0.05) is 30.3 Å². The summed E-state index contributed by atoms with van der Waals surface area (Å²) in [5.41, 5.74) is -2.02. The van der Waals surface area contributed by atoms with E-state index < -0.39 is 58.4 Å². The maximum atomic E-state index is 14.1. The first kappa shape index (κ1) is 68.6. The second kappa shape index (κ2) is 36.6. The maximum absolute atomic E-state index is 14.1. The lowest BCUT2D eigenvalue weighted by Gasteiger charge is -2.37. The van der Waals surface area contributed by atoms with Crippen LogP contribution in [-0.4, -0.2) is 235 Å². The monoisotopic (exact) mass is 1100 g/mol. The first-order valence-corrected chi connectivity index (χ1v) is 27.1. The molecule has 0 aromatic heterocycles. The summed E-state index contributed by atoms with van der Waals surface area (Å²) in [6.45, 7) is 28.7. The highest BCUT2D eigenvalue weighted by Gasteiger charge is 2.33. The molecular formula is C55H96N6O16. The highest BCUT2D eigenvalue weighted by molar-refractivity contribution is 5.79. The van der Waals surface area contributed by atoms with Gasteiger partial charge in [-0.2, -0.15) is 0 Å². The number of esters is 4. The predicted molar refractivity (Wildman–Crippen MR) is 289 cm³/mol. The van der Waals surface area contributed by atoms with E-state index in [-0.39, 0.29) is 58.1 Å². The van der Waals surface area contributed by atoms with E-state index in [0.29, 0.717) is 118 Å². The molecule has 1 aromatic rings. The van der Waals surface area contributed by atoms with Crippen LogP contribution in [0.4, 0.5) is 4.79 Å². The summed E-state index contributed by atoms with van der Waals surface area (Å²) in [6, 6.07) is 8.58. The van der Waals surface area contributed by atoms with E-state index in [1.54, 1.807) is 62.3 Å². The molecule has 1 unspecified atom stereocenters. The Hall–Kier alpha value is -4.52. The van der Waals surface area contributed by atoms with Gasteiger partial charge in [0.2, 0.25) is 5.91 Å². The number of carbonyl (C=O) groups is 6. The zero-order chi connectivity index (χ0) is 57.3. The molecule has 1 heterocycles. The quantitative estimate of drug-likeness (QED) is 0.0611. The van der Waals surface area contributed by atoms with Gasteiger partial charge in [0.15, 0.2) is 0 Å². The number of ether oxygens (including phenoxy) is 10. The Morgan fingerprint density at radius 1 is 0.468 bits per heavy atom. The third kappa shape index (κ3) is 37.9. The average Bonchev–Trinajstić information content (AvgIpc) is 3.30. The minimum atomic E-state index is -0.854. The van der Waals surface area contributed by atoms with Gasteiger partial charge in [-0.05, 0) is 95.1 Å². The molecule has 22 heteroatoms. The van der Waals surface area contributed by atoms with Gasteiger partial charge < -0.3 is 58.0 Å². The molecule has 0 radical (unpaired) electrons. The van der Waals surface area contributed by atoms with Crippen LogP contribution in [0.15, 0.2) is 30.3 Å². The molecule has 22 nitrogen and oxygen atoms in total. The lowest BCUT2D eigenvalue weighted by molar-refractivity contribution is -0.163. The van der Waals surface area contributed by atoms with Crippen molar-refractivity contribution in [1.29, 1.82) is 0 Å². The minimum absolute atomic E-state index is 0.00115. The summed E-state index contributed by atoms with van der Waals surface area (Å²) >= 11 is 0. The number of alkyl carbamates (subject to hydrolysis) is 1. The Morgan fingerprint density at radius 2 is 0.818 bits per heavy atom. The van der Waals surface area contributed by atoms with E-state index in [9.17, 15) is 28.8 Å². The van der Waals surface area contributed by atoms with Crippen LogP contribution < -0.4 is 10.6 Å². The topological polar surface area (TPSA) is 232 Å². The number of hydrogen-bond donors (Lipinski definition) is 2. The van der Waals surface area contributed by atoms with E-state index >= 15 is 0 Å². The van der Waals surface area contributed by atoms with Crippen molar-refractivity contribution < 1.29 is 76.1 Å². The largest absolute Gasteiger partial charge is 0.459 e. The summed E-state index contributed by atoms with van der Waals surface area (Å²) in [5.74, 6) is -1.99. The fourth-order valence-corrected chi connectivity index (χ4v) is 7.43. The van der Waals surface area contributed by atoms with Gasteiger partial charge in [-0.3, -0.25) is 43.6 Å². The summed E-state index contributed by atoms with van der Waals surface area (Å²) in [6.07, 6.45) is -0.353. The molecule has 0 saturated carbocycles. The first-order valence-electron chi connectivity index (χ1n) is 27.1. The smallest absolute Gasteiger partial charge is 0.407 e. The van der Waals surface area contributed by atoms with Crippen LogP contribution in [0.1, 0.15) is 101 Å². The summed E-state index contributed by atoms with van der Waals surface area (Å²) in [4.78, 5) is 86.6. The number of nitrogens with zero attached hydrogens (tertiary/aromatic N) is 4. The van der Waals surface area contributed by atoms with Crippen molar-refractivity contribution in [2.45, 2.75) is 131 Å². The van der Waals surface area contributed by atoms with Gasteiger partial charge >= 0.3 is 30.0 Å². The van der Waals surface area contributed by atoms with Crippen LogP contribution in [0.5, 0.6) is 0 Å². The second-order valence-corrected chi connectivity index (χ2v) is 22.6. The van der Waals surface area contributed by atoms with Gasteiger partial charge in [0.1, 0.15) is 35.1 Å². The van der Waals surface area contributed by atoms with Crippen LogP contribution in [0.3, 0.4) is 0 Å². The van der Waals surface area contributed by atoms with Crippen molar-refractivity contribution in [2.24, 2.45) is 0 Å². The molecule has 442 valence electrons. The molecule has 77 heavy (non-hydrogen) atoms. The van der Waals surface area contributed by atoms with Gasteiger partial charge in [-0.15, -0.1) is 0 Å². The Balaban J connectivity index is 1.90. The normalized spacial score (nSPS) is 15.6. The van der Waals surface area contributed by atoms with E-state index in [0.717, 1.165) is 5.56 Å². The molecule has 1 fully saturated rings. The molecule has 1 aliphatic rings. The number of hydrogen-bond acceptors (Lipinski definition) is 20. The van der Waals surface area contributed by atoms with Crippen LogP contribution in [0.25, 0.3) is 0 Å². The molecule has 0 aliphatic carbocycles. The highest BCUT2D eigenvalue weighted by Crippen LogP contribution is 2.18. The first-order chi connectivity index (χ1) is 36.2. The Bertz CT molecular complexity index is 1800. The summed E-state index contributed by atoms with van der Waals surface area (Å²) in [7, 11) is 0. The number of carbonyl (C=O) groups excluding carboxylic acids is 6. The zero-order valence-corrected chi connectivity index (χ0v) is 48.7. The summed E-state index contributed by atoms with van der Waals surface area (Å²) in [5, 5.41) is 5.52. The molecule has 2 rings (SSSR count). The van der Waals surface area contributed by atoms with E-state index in [4.69, 9.17) is 47.4 Å². The third-order valence-corrected chi connectivity index (χ3v) is 10.7. The SMILES string of the molecule is CC(C)(C)OC(=O)CN1CCN(CC(=O)OC(C)(C)C)CCN(C(CCC(=O)NCCOCCOCCOCCOCCOCCNC(=O)OCc2ccccc2)C(=O)OC(C)(C)C)CCN(CC(=O)OC(C)(C)C)CC1. The van der Waals surface area contributed by atoms with Crippen LogP contribution >= 0.6 is 0 Å². The lowest BCUT2D eigenvalue weighted by atomic mass is 10.1. The van der Waals surface area contributed by atoms with Crippen LogP contribution in [0.2, 0.25) is 0 Å². The average molecular weight is 1100 g/mol. The molecule has 0 spiro atoms. The molecular weight excluding hydrogens is 1000 g/mol. The zero-order valence-electron chi connectivity index (χ0n) is 48.7. The van der Waals surface area contributed by atoms with Gasteiger partial charge in [-0.25, -0.2) is 4.79 Å². The minimum Gasteiger partial charge on any atom is -0.459 e. The van der Waals surface area contributed by atoms with Crippen molar-refractivity contribution in [2.75, 3.05) is 151 Å². The molecule has 0 bridgehead atoms. The van der Waals surface area contributed by atoms with E-state index in [1.165, 1.54) is 0 Å². The lowest BCUT2D eigenvalue weighted by Crippen LogP contribution is -2.53. The number of rotatable bonds is 31. The van der Waals surface area contributed by atoms with Crippen molar-refractivity contribution in [3.63, 3.8) is 0 Å². The Kier molecular flexibility index (Phi) is 32.6. The summed E-state index contributed by atoms with van der Waals surface area (Å²) < 4.78 is 56.0. The van der Waals surface area contributed by atoms with Crippen molar-refractivity contribution in [3.05, 3.63) is 35.9 Å². The van der Waals surface area contributed by atoms with Crippen LogP contribution in [0, 0.1) is 0 Å². The third-order valence-electron chi connectivity index (χ3n) is 10.7. The maximum Gasteiger partial charge on any atom is 0.407 e. The standard InChI is InChI=1S/C55H96N6O16/c1-52(2,3)74-47(63)40-58-22-24-59(41-48(64)75-53(4,5)6)26-28-61(29-27-60(25-23-58)42-49(65)76-54(7,8)9)45(50(66)77-55(10,11)12)18-19-46(62)56-20-30-68-32-34-70-36-38-72-39-37-71-35-33-69-31-21-57-51(67)73-43-44-16-14-13-15-17-44/h13-17,45H,18-43H2,1-12H3,(H,56,62)(H,57,67). The van der Waals surface area contributed by atoms with E-state index in [2.05, 4.69) is 10.6 Å². The molecule has 2 amide bonds. The number of nitrogens with one attached hydrogen (secondary N) is 2. The van der Waals surface area contributed by atoms with Crippen molar-refractivity contribution >= 4 is 35.9 Å². The fraction of sp³-hybridized carbons (Fsp3) is 0.782. The second-order valence-electron chi connectivity index (χ2n) is 22.6. The highest BCUT2D eigenvalue weighted by atomic mass is 16.6. The van der Waals surface area contributed by atoms with Gasteiger partial charge in [0, 0.05) is 71.9 Å². The van der Waals surface area contributed by atoms with Crippen LogP contribution in [-0.2, 0) is 77.9 Å². The fourth-order valence-electron chi connectivity index (χ4n) is 7.43. The van der Waals surface area contributed by atoms with Gasteiger partial charge in [0.05, 0.1) is 85.7 Å². The molecule has 2 N–H and O–H groups in total. The number of amides is 2.